The van der Waals surface area contributed by atoms with E-state index in [0.717, 1.165) is 21.1 Å². The first-order valence-electron chi connectivity index (χ1n) is 8.76. The third-order valence-electron chi connectivity index (χ3n) is 4.73. The first-order chi connectivity index (χ1) is 12.9. The van der Waals surface area contributed by atoms with Gasteiger partial charge in [0.25, 0.3) is 0 Å². The Bertz CT molecular complexity index is 1060. The van der Waals surface area contributed by atoms with E-state index in [1.807, 2.05) is 25.1 Å². The molecule has 0 atom stereocenters. The molecule has 142 valence electrons. The van der Waals surface area contributed by atoms with Crippen molar-refractivity contribution < 1.29 is 12.8 Å². The predicted octanol–water partition coefficient (Wildman–Crippen LogP) is 3.41. The van der Waals surface area contributed by atoms with Crippen LogP contribution in [0.15, 0.2) is 56.2 Å². The summed E-state index contributed by atoms with van der Waals surface area (Å²) in [5, 5.41) is 0. The first-order valence-corrected chi connectivity index (χ1v) is 11.0. The fraction of sp³-hybridized carbons (Fsp3) is 0.316. The molecule has 1 aliphatic rings. The van der Waals surface area contributed by atoms with Crippen molar-refractivity contribution >= 4 is 37.1 Å². The van der Waals surface area contributed by atoms with Crippen LogP contribution >= 0.6 is 15.9 Å². The maximum Gasteiger partial charge on any atom is 0.243 e. The van der Waals surface area contributed by atoms with Gasteiger partial charge in [-0.2, -0.15) is 4.31 Å². The van der Waals surface area contributed by atoms with Crippen LogP contribution in [0, 0.1) is 6.92 Å². The summed E-state index contributed by atoms with van der Waals surface area (Å²) in [4.78, 5) is 7.05. The van der Waals surface area contributed by atoms with Crippen LogP contribution in [0.5, 0.6) is 0 Å². The summed E-state index contributed by atoms with van der Waals surface area (Å²) < 4.78 is 33.8. The van der Waals surface area contributed by atoms with Crippen LogP contribution in [0.25, 0.3) is 11.1 Å². The lowest BCUT2D eigenvalue weighted by Crippen LogP contribution is -2.48. The second-order valence-corrected chi connectivity index (χ2v) is 9.57. The van der Waals surface area contributed by atoms with E-state index in [1.54, 1.807) is 28.6 Å². The van der Waals surface area contributed by atoms with E-state index in [0.29, 0.717) is 43.5 Å². The van der Waals surface area contributed by atoms with Crippen molar-refractivity contribution in [1.29, 1.82) is 0 Å². The van der Waals surface area contributed by atoms with Gasteiger partial charge >= 0.3 is 0 Å². The first kappa shape index (κ1) is 18.6. The van der Waals surface area contributed by atoms with Gasteiger partial charge in [0.1, 0.15) is 5.52 Å². The Morgan fingerprint density at radius 3 is 2.48 bits per heavy atom. The van der Waals surface area contributed by atoms with Crippen molar-refractivity contribution in [3.8, 4) is 0 Å². The topological polar surface area (TPSA) is 66.7 Å². The lowest BCUT2D eigenvalue weighted by atomic mass is 10.2. The summed E-state index contributed by atoms with van der Waals surface area (Å²) in [5.41, 5.74) is 2.79. The van der Waals surface area contributed by atoms with Gasteiger partial charge in [-0.3, -0.25) is 4.90 Å². The third-order valence-corrected chi connectivity index (χ3v) is 7.17. The Balaban J connectivity index is 1.41. The lowest BCUT2D eigenvalue weighted by Gasteiger charge is -2.33. The van der Waals surface area contributed by atoms with Crippen LogP contribution in [0.3, 0.4) is 0 Å². The highest BCUT2D eigenvalue weighted by molar-refractivity contribution is 9.10. The second-order valence-electron chi connectivity index (χ2n) is 6.71. The SMILES string of the molecule is Cc1ccc2oc(CN3CCN(S(=O)(=O)c4ccc(Br)cc4)CC3)nc2c1. The van der Waals surface area contributed by atoms with Crippen LogP contribution in [0.4, 0.5) is 0 Å². The number of benzene rings is 2. The molecule has 2 aromatic carbocycles. The highest BCUT2D eigenvalue weighted by atomic mass is 79.9. The Morgan fingerprint density at radius 1 is 1.07 bits per heavy atom. The van der Waals surface area contributed by atoms with Crippen molar-refractivity contribution in [3.63, 3.8) is 0 Å². The zero-order chi connectivity index (χ0) is 19.0. The van der Waals surface area contributed by atoms with Crippen molar-refractivity contribution in [3.05, 3.63) is 58.4 Å². The van der Waals surface area contributed by atoms with Gasteiger partial charge in [-0.05, 0) is 48.9 Å². The molecule has 3 aromatic rings. The van der Waals surface area contributed by atoms with Gasteiger partial charge in [0.05, 0.1) is 11.4 Å². The fourth-order valence-corrected chi connectivity index (χ4v) is 4.91. The molecule has 0 amide bonds. The Labute approximate surface area is 167 Å². The van der Waals surface area contributed by atoms with Crippen molar-refractivity contribution in [1.82, 2.24) is 14.2 Å². The average molecular weight is 450 g/mol. The Morgan fingerprint density at radius 2 is 1.78 bits per heavy atom. The summed E-state index contributed by atoms with van der Waals surface area (Å²) in [6.45, 7) is 4.81. The van der Waals surface area contributed by atoms with Gasteiger partial charge < -0.3 is 4.42 Å². The summed E-state index contributed by atoms with van der Waals surface area (Å²) in [6.07, 6.45) is 0. The fourth-order valence-electron chi connectivity index (χ4n) is 3.23. The summed E-state index contributed by atoms with van der Waals surface area (Å²) in [5.74, 6) is 0.666. The highest BCUT2D eigenvalue weighted by Gasteiger charge is 2.28. The summed E-state index contributed by atoms with van der Waals surface area (Å²) >= 11 is 3.33. The second kappa shape index (κ2) is 7.35. The molecule has 1 aromatic heterocycles. The minimum atomic E-state index is -3.45. The van der Waals surface area contributed by atoms with Crippen LogP contribution in [0.1, 0.15) is 11.5 Å². The molecule has 27 heavy (non-hydrogen) atoms. The molecule has 6 nitrogen and oxygen atoms in total. The summed E-state index contributed by atoms with van der Waals surface area (Å²) in [6, 6.07) is 12.7. The minimum absolute atomic E-state index is 0.327. The summed E-state index contributed by atoms with van der Waals surface area (Å²) in [7, 11) is -3.45. The molecule has 1 saturated heterocycles. The third kappa shape index (κ3) is 3.94. The maximum atomic E-state index is 12.8. The molecule has 1 fully saturated rings. The van der Waals surface area contributed by atoms with Crippen LogP contribution in [-0.4, -0.2) is 48.8 Å². The zero-order valence-corrected chi connectivity index (χ0v) is 17.3. The number of oxazole rings is 1. The van der Waals surface area contributed by atoms with E-state index in [4.69, 9.17) is 4.42 Å². The molecule has 0 unspecified atom stereocenters. The van der Waals surface area contributed by atoms with E-state index in [-0.39, 0.29) is 0 Å². The van der Waals surface area contributed by atoms with E-state index in [2.05, 4.69) is 25.8 Å². The number of sulfonamides is 1. The largest absolute Gasteiger partial charge is 0.439 e. The number of piperazine rings is 1. The number of halogens is 1. The molecule has 0 saturated carbocycles. The van der Waals surface area contributed by atoms with Crippen molar-refractivity contribution in [2.45, 2.75) is 18.4 Å². The minimum Gasteiger partial charge on any atom is -0.439 e. The van der Waals surface area contributed by atoms with Gasteiger partial charge in [0.15, 0.2) is 5.58 Å². The Hall–Kier alpha value is -1.74. The molecule has 8 heteroatoms. The smallest absolute Gasteiger partial charge is 0.243 e. The van der Waals surface area contributed by atoms with Crippen LogP contribution in [-0.2, 0) is 16.6 Å². The van der Waals surface area contributed by atoms with E-state index >= 15 is 0 Å². The molecule has 0 N–H and O–H groups in total. The van der Waals surface area contributed by atoms with E-state index < -0.39 is 10.0 Å². The van der Waals surface area contributed by atoms with Gasteiger partial charge in [-0.25, -0.2) is 13.4 Å². The van der Waals surface area contributed by atoms with Crippen LogP contribution < -0.4 is 0 Å². The normalized spacial score (nSPS) is 16.8. The lowest BCUT2D eigenvalue weighted by molar-refractivity contribution is 0.169. The van der Waals surface area contributed by atoms with Crippen molar-refractivity contribution in [2.24, 2.45) is 0 Å². The maximum absolute atomic E-state index is 12.8. The van der Waals surface area contributed by atoms with E-state index in [1.165, 1.54) is 0 Å². The van der Waals surface area contributed by atoms with Gasteiger partial charge in [-0.15, -0.1) is 0 Å². The monoisotopic (exact) mass is 449 g/mol. The Kier molecular flexibility index (Phi) is 5.07. The van der Waals surface area contributed by atoms with Gasteiger partial charge in [-0.1, -0.05) is 22.0 Å². The molecular formula is C19H20BrN3O3S. The van der Waals surface area contributed by atoms with Crippen LogP contribution in [0.2, 0.25) is 0 Å². The number of hydrogen-bond acceptors (Lipinski definition) is 5. The molecule has 0 aliphatic carbocycles. The standard InChI is InChI=1S/C19H20BrN3O3S/c1-14-2-7-18-17(12-14)21-19(26-18)13-22-8-10-23(11-9-22)27(24,25)16-5-3-15(20)4-6-16/h2-7,12H,8-11,13H2,1H3. The number of hydrogen-bond donors (Lipinski definition) is 0. The number of aryl methyl sites for hydroxylation is 1. The average Bonchev–Trinajstić information content (AvgIpc) is 3.04. The predicted molar refractivity (Wildman–Crippen MR) is 107 cm³/mol. The molecule has 4 rings (SSSR count). The molecule has 2 heterocycles. The van der Waals surface area contributed by atoms with Gasteiger partial charge in [0.2, 0.25) is 15.9 Å². The molecule has 1 aliphatic heterocycles. The molecular weight excluding hydrogens is 430 g/mol. The number of rotatable bonds is 4. The van der Waals surface area contributed by atoms with Crippen molar-refractivity contribution in [2.75, 3.05) is 26.2 Å². The zero-order valence-electron chi connectivity index (χ0n) is 14.9. The van der Waals surface area contributed by atoms with Gasteiger partial charge in [0, 0.05) is 30.7 Å². The molecule has 0 radical (unpaired) electrons. The van der Waals surface area contributed by atoms with E-state index in [9.17, 15) is 8.42 Å². The number of aromatic nitrogens is 1. The highest BCUT2D eigenvalue weighted by Crippen LogP contribution is 2.22. The number of nitrogens with zero attached hydrogens (tertiary/aromatic N) is 3. The molecule has 0 spiro atoms. The molecule has 0 bridgehead atoms. The quantitative estimate of drug-likeness (QED) is 0.610. The number of fused-ring (bicyclic) bond motifs is 1.